The highest BCUT2D eigenvalue weighted by atomic mass is 79.9. The Hall–Kier alpha value is -2.63. The van der Waals surface area contributed by atoms with Gasteiger partial charge in [0.15, 0.2) is 5.16 Å². The summed E-state index contributed by atoms with van der Waals surface area (Å²) in [6, 6.07) is 14.4. The van der Waals surface area contributed by atoms with E-state index in [1.807, 2.05) is 6.07 Å². The van der Waals surface area contributed by atoms with E-state index < -0.39 is 5.25 Å². The Morgan fingerprint density at radius 3 is 2.81 bits per heavy atom. The largest absolute Gasteiger partial charge is 0.324 e. The van der Waals surface area contributed by atoms with Crippen LogP contribution in [-0.4, -0.2) is 20.7 Å². The molecule has 6 nitrogen and oxygen atoms in total. The molecule has 8 heteroatoms. The van der Waals surface area contributed by atoms with Crippen molar-refractivity contribution in [2.24, 2.45) is 0 Å². The second-order valence-electron chi connectivity index (χ2n) is 7.13. The number of anilines is 1. The van der Waals surface area contributed by atoms with Gasteiger partial charge >= 0.3 is 0 Å². The van der Waals surface area contributed by atoms with Gasteiger partial charge in [-0.2, -0.15) is 5.26 Å². The summed E-state index contributed by atoms with van der Waals surface area (Å²) in [5, 5.41) is 12.6. The number of carbonyl (C=O) groups excluding carboxylic acids is 1. The number of hydrogen-bond donors (Lipinski definition) is 1. The molecule has 0 radical (unpaired) electrons. The first-order valence-corrected chi connectivity index (χ1v) is 11.8. The van der Waals surface area contributed by atoms with E-state index in [0.29, 0.717) is 33.9 Å². The number of carbonyl (C=O) groups is 1. The summed E-state index contributed by atoms with van der Waals surface area (Å²) in [4.78, 5) is 30.7. The van der Waals surface area contributed by atoms with E-state index in [-0.39, 0.29) is 11.5 Å². The average Bonchev–Trinajstić information content (AvgIpc) is 2.76. The number of aromatic nitrogens is 2. The number of hydrogen-bond acceptors (Lipinski definition) is 5. The topological polar surface area (TPSA) is 87.8 Å². The predicted octanol–water partition coefficient (Wildman–Crippen LogP) is 5.34. The Morgan fingerprint density at radius 2 is 2.06 bits per heavy atom. The summed E-state index contributed by atoms with van der Waals surface area (Å²) < 4.78 is 2.49. The molecule has 1 atom stereocenters. The minimum atomic E-state index is -0.510. The average molecular weight is 499 g/mol. The smallest absolute Gasteiger partial charge is 0.262 e. The van der Waals surface area contributed by atoms with Crippen molar-refractivity contribution in [3.05, 3.63) is 62.9 Å². The zero-order chi connectivity index (χ0) is 22.4. The SMILES string of the molecule is CCCCCn1c(SC(C)C(=O)Nc2ccccc2C#N)nc2ccc(Br)cc2c1=O. The number of unbranched alkanes of at least 4 members (excludes halogenated alkanes) is 2. The van der Waals surface area contributed by atoms with Crippen LogP contribution >= 0.6 is 27.7 Å². The maximum absolute atomic E-state index is 13.2. The molecule has 0 saturated carbocycles. The van der Waals surface area contributed by atoms with Gasteiger partial charge in [-0.25, -0.2) is 4.98 Å². The van der Waals surface area contributed by atoms with Crippen LogP contribution in [0.4, 0.5) is 5.69 Å². The van der Waals surface area contributed by atoms with Gasteiger partial charge in [0.1, 0.15) is 6.07 Å². The van der Waals surface area contributed by atoms with Crippen LogP contribution in [0.25, 0.3) is 10.9 Å². The van der Waals surface area contributed by atoms with Crippen LogP contribution in [0.2, 0.25) is 0 Å². The quantitative estimate of drug-likeness (QED) is 0.257. The van der Waals surface area contributed by atoms with Crippen LogP contribution < -0.4 is 10.9 Å². The summed E-state index contributed by atoms with van der Waals surface area (Å²) in [5.41, 5.74) is 1.37. The summed E-state index contributed by atoms with van der Waals surface area (Å²) in [6.45, 7) is 4.43. The van der Waals surface area contributed by atoms with Gasteiger partial charge in [0.05, 0.1) is 27.4 Å². The van der Waals surface area contributed by atoms with Gasteiger partial charge in [-0.3, -0.25) is 14.2 Å². The van der Waals surface area contributed by atoms with Crippen molar-refractivity contribution in [2.45, 2.75) is 50.1 Å². The maximum atomic E-state index is 13.2. The highest BCUT2D eigenvalue weighted by Gasteiger charge is 2.20. The van der Waals surface area contributed by atoms with Crippen molar-refractivity contribution in [3.63, 3.8) is 0 Å². The summed E-state index contributed by atoms with van der Waals surface area (Å²) in [6.07, 6.45) is 2.91. The standard InChI is InChI=1S/C23H23BrN4O2S/c1-3-4-7-12-28-22(30)18-13-17(24)10-11-20(18)27-23(28)31-15(2)21(29)26-19-9-6-5-8-16(19)14-25/h5-6,8-11,13,15H,3-4,7,12H2,1-2H3,(H,26,29). The number of amides is 1. The predicted molar refractivity (Wildman–Crippen MR) is 128 cm³/mol. The highest BCUT2D eigenvalue weighted by molar-refractivity contribution is 9.10. The summed E-state index contributed by atoms with van der Waals surface area (Å²) in [7, 11) is 0. The minimum Gasteiger partial charge on any atom is -0.324 e. The molecule has 0 bridgehead atoms. The monoisotopic (exact) mass is 498 g/mol. The molecule has 1 N–H and O–H groups in total. The molecule has 0 aliphatic rings. The molecule has 3 rings (SSSR count). The number of nitrogens with one attached hydrogen (secondary N) is 1. The number of para-hydroxylation sites is 1. The zero-order valence-corrected chi connectivity index (χ0v) is 19.8. The van der Waals surface area contributed by atoms with Gasteiger partial charge in [0.2, 0.25) is 5.91 Å². The summed E-state index contributed by atoms with van der Waals surface area (Å²) in [5.74, 6) is -0.252. The van der Waals surface area contributed by atoms with Crippen molar-refractivity contribution in [1.82, 2.24) is 9.55 Å². The van der Waals surface area contributed by atoms with Crippen LogP contribution in [0.3, 0.4) is 0 Å². The molecule has 0 aliphatic carbocycles. The number of thioether (sulfide) groups is 1. The van der Waals surface area contributed by atoms with Crippen molar-refractivity contribution in [3.8, 4) is 6.07 Å². The fraction of sp³-hybridized carbons (Fsp3) is 0.304. The van der Waals surface area contributed by atoms with E-state index >= 15 is 0 Å². The van der Waals surface area contributed by atoms with E-state index in [1.165, 1.54) is 11.8 Å². The molecule has 0 saturated heterocycles. The fourth-order valence-electron chi connectivity index (χ4n) is 3.12. The molecular formula is C23H23BrN4O2S. The first kappa shape index (κ1) is 23.0. The van der Waals surface area contributed by atoms with Gasteiger partial charge in [0.25, 0.3) is 5.56 Å². The zero-order valence-electron chi connectivity index (χ0n) is 17.4. The lowest BCUT2D eigenvalue weighted by molar-refractivity contribution is -0.115. The second-order valence-corrected chi connectivity index (χ2v) is 9.35. The van der Waals surface area contributed by atoms with Crippen LogP contribution in [0.15, 0.2) is 56.9 Å². The molecule has 1 amide bonds. The fourth-order valence-corrected chi connectivity index (χ4v) is 4.41. The number of nitriles is 1. The number of nitrogens with zero attached hydrogens (tertiary/aromatic N) is 3. The molecular weight excluding hydrogens is 476 g/mol. The summed E-state index contributed by atoms with van der Waals surface area (Å²) >= 11 is 4.67. The maximum Gasteiger partial charge on any atom is 0.262 e. The molecule has 31 heavy (non-hydrogen) atoms. The second kappa shape index (κ2) is 10.6. The Balaban J connectivity index is 1.90. The first-order valence-electron chi connectivity index (χ1n) is 10.1. The van der Waals surface area contributed by atoms with Gasteiger partial charge in [-0.15, -0.1) is 0 Å². The first-order chi connectivity index (χ1) is 14.9. The Kier molecular flexibility index (Phi) is 7.88. The Bertz CT molecular complexity index is 1200. The van der Waals surface area contributed by atoms with Gasteiger partial charge < -0.3 is 5.32 Å². The lowest BCUT2D eigenvalue weighted by atomic mass is 10.2. The molecule has 3 aromatic rings. The lowest BCUT2D eigenvalue weighted by Gasteiger charge is -2.17. The van der Waals surface area contributed by atoms with Crippen LogP contribution in [-0.2, 0) is 11.3 Å². The number of halogens is 1. The Labute approximate surface area is 193 Å². The molecule has 0 spiro atoms. The van der Waals surface area contributed by atoms with Gasteiger partial charge in [-0.1, -0.05) is 59.6 Å². The molecule has 1 unspecified atom stereocenters. The number of fused-ring (bicyclic) bond motifs is 1. The van der Waals surface area contributed by atoms with Crippen molar-refractivity contribution in [2.75, 3.05) is 5.32 Å². The van der Waals surface area contributed by atoms with Crippen molar-refractivity contribution in [1.29, 1.82) is 5.26 Å². The lowest BCUT2D eigenvalue weighted by Crippen LogP contribution is -2.27. The normalized spacial score (nSPS) is 11.8. The van der Waals surface area contributed by atoms with Crippen LogP contribution in [0, 0.1) is 11.3 Å². The van der Waals surface area contributed by atoms with E-state index in [0.717, 1.165) is 23.7 Å². The molecule has 0 fully saturated rings. The third-order valence-electron chi connectivity index (χ3n) is 4.82. The van der Waals surface area contributed by atoms with E-state index in [1.54, 1.807) is 47.9 Å². The van der Waals surface area contributed by atoms with E-state index in [2.05, 4.69) is 34.2 Å². The van der Waals surface area contributed by atoms with E-state index in [9.17, 15) is 14.9 Å². The van der Waals surface area contributed by atoms with Crippen LogP contribution in [0.1, 0.15) is 38.7 Å². The molecule has 1 aromatic heterocycles. The Morgan fingerprint density at radius 1 is 1.29 bits per heavy atom. The van der Waals surface area contributed by atoms with Gasteiger partial charge in [0, 0.05) is 11.0 Å². The number of rotatable bonds is 8. The third kappa shape index (κ3) is 5.54. The van der Waals surface area contributed by atoms with E-state index in [4.69, 9.17) is 4.98 Å². The highest BCUT2D eigenvalue weighted by Crippen LogP contribution is 2.25. The molecule has 160 valence electrons. The minimum absolute atomic E-state index is 0.104. The van der Waals surface area contributed by atoms with Gasteiger partial charge in [-0.05, 0) is 43.7 Å². The van der Waals surface area contributed by atoms with Crippen molar-refractivity contribution < 1.29 is 4.79 Å². The van der Waals surface area contributed by atoms with Crippen molar-refractivity contribution >= 4 is 50.2 Å². The third-order valence-corrected chi connectivity index (χ3v) is 6.41. The number of benzene rings is 2. The molecule has 1 heterocycles. The van der Waals surface area contributed by atoms with Crippen LogP contribution in [0.5, 0.6) is 0 Å². The molecule has 2 aromatic carbocycles. The molecule has 0 aliphatic heterocycles.